The van der Waals surface area contributed by atoms with E-state index in [0.29, 0.717) is 23.3 Å². The Labute approximate surface area is 156 Å². The summed E-state index contributed by atoms with van der Waals surface area (Å²) >= 11 is 5.85. The van der Waals surface area contributed by atoms with Gasteiger partial charge in [-0.1, -0.05) is 47.1 Å². The Morgan fingerprint density at radius 1 is 1.12 bits per heavy atom. The molecule has 0 bridgehead atoms. The topological polar surface area (TPSA) is 77.2 Å². The Kier molecular flexibility index (Phi) is 6.35. The number of nitrogens with zero attached hydrogens (tertiary/aromatic N) is 2. The third-order valence-corrected chi connectivity index (χ3v) is 3.87. The van der Waals surface area contributed by atoms with E-state index in [-0.39, 0.29) is 19.1 Å². The van der Waals surface area contributed by atoms with Gasteiger partial charge in [-0.05, 0) is 36.2 Å². The molecule has 1 aromatic heterocycles. The third kappa shape index (κ3) is 5.40. The van der Waals surface area contributed by atoms with Gasteiger partial charge in [-0.2, -0.15) is 4.98 Å². The van der Waals surface area contributed by atoms with Gasteiger partial charge in [0.2, 0.25) is 17.6 Å². The SMILES string of the molecule is O=C(COCCc1ccccc1)NCc1nc(-c2ccc(Cl)cc2)no1. The smallest absolute Gasteiger partial charge is 0.246 e. The minimum absolute atomic E-state index is 0.00892. The summed E-state index contributed by atoms with van der Waals surface area (Å²) < 4.78 is 10.5. The summed E-state index contributed by atoms with van der Waals surface area (Å²) in [6.45, 7) is 0.630. The third-order valence-electron chi connectivity index (χ3n) is 3.62. The molecule has 3 aromatic rings. The lowest BCUT2D eigenvalue weighted by Crippen LogP contribution is -2.27. The normalized spacial score (nSPS) is 10.7. The highest BCUT2D eigenvalue weighted by molar-refractivity contribution is 6.30. The van der Waals surface area contributed by atoms with Crippen LogP contribution in [0.3, 0.4) is 0 Å². The average Bonchev–Trinajstić information content (AvgIpc) is 3.14. The maximum absolute atomic E-state index is 11.8. The van der Waals surface area contributed by atoms with Crippen LogP contribution in [0.15, 0.2) is 59.1 Å². The van der Waals surface area contributed by atoms with Crippen molar-refractivity contribution in [2.75, 3.05) is 13.2 Å². The van der Waals surface area contributed by atoms with Crippen LogP contribution in [-0.4, -0.2) is 29.3 Å². The molecule has 7 heteroatoms. The molecule has 0 spiro atoms. The Morgan fingerprint density at radius 3 is 2.65 bits per heavy atom. The highest BCUT2D eigenvalue weighted by Gasteiger charge is 2.10. The van der Waals surface area contributed by atoms with Crippen molar-refractivity contribution >= 4 is 17.5 Å². The number of hydrogen-bond donors (Lipinski definition) is 1. The first-order chi connectivity index (χ1) is 12.7. The van der Waals surface area contributed by atoms with Crippen molar-refractivity contribution in [1.82, 2.24) is 15.5 Å². The first kappa shape index (κ1) is 18.1. The summed E-state index contributed by atoms with van der Waals surface area (Å²) in [5.41, 5.74) is 1.97. The number of nitrogens with one attached hydrogen (secondary N) is 1. The van der Waals surface area contributed by atoms with E-state index in [0.717, 1.165) is 12.0 Å². The van der Waals surface area contributed by atoms with Crippen molar-refractivity contribution in [2.24, 2.45) is 0 Å². The predicted molar refractivity (Wildman–Crippen MR) is 97.6 cm³/mol. The molecule has 1 heterocycles. The lowest BCUT2D eigenvalue weighted by molar-refractivity contribution is -0.125. The molecule has 3 rings (SSSR count). The fraction of sp³-hybridized carbons (Fsp3) is 0.211. The lowest BCUT2D eigenvalue weighted by atomic mass is 10.2. The first-order valence-corrected chi connectivity index (χ1v) is 8.55. The molecule has 1 N–H and O–H groups in total. The number of aromatic nitrogens is 2. The fourth-order valence-electron chi connectivity index (χ4n) is 2.27. The number of benzene rings is 2. The van der Waals surface area contributed by atoms with Gasteiger partial charge >= 0.3 is 0 Å². The van der Waals surface area contributed by atoms with Gasteiger partial charge in [0.05, 0.1) is 13.2 Å². The molecule has 0 saturated heterocycles. The Hall–Kier alpha value is -2.70. The molecule has 1 amide bonds. The van der Waals surface area contributed by atoms with Crippen LogP contribution in [0.1, 0.15) is 11.5 Å². The van der Waals surface area contributed by atoms with Crippen LogP contribution < -0.4 is 5.32 Å². The van der Waals surface area contributed by atoms with Crippen LogP contribution in [-0.2, 0) is 22.5 Å². The Bertz CT molecular complexity index is 835. The molecule has 2 aromatic carbocycles. The zero-order chi connectivity index (χ0) is 18.2. The van der Waals surface area contributed by atoms with Gasteiger partial charge in [0.1, 0.15) is 6.61 Å². The summed E-state index contributed by atoms with van der Waals surface area (Å²) in [4.78, 5) is 16.0. The molecule has 0 fully saturated rings. The second-order valence-corrected chi connectivity index (χ2v) is 6.02. The lowest BCUT2D eigenvalue weighted by Gasteiger charge is -2.04. The Balaban J connectivity index is 1.38. The van der Waals surface area contributed by atoms with Crippen LogP contribution in [0.2, 0.25) is 5.02 Å². The highest BCUT2D eigenvalue weighted by atomic mass is 35.5. The fourth-order valence-corrected chi connectivity index (χ4v) is 2.39. The van der Waals surface area contributed by atoms with Gasteiger partial charge in [-0.25, -0.2) is 0 Å². The minimum atomic E-state index is -0.232. The predicted octanol–water partition coefficient (Wildman–Crippen LogP) is 3.27. The van der Waals surface area contributed by atoms with E-state index in [2.05, 4.69) is 15.5 Å². The second kappa shape index (κ2) is 9.12. The highest BCUT2D eigenvalue weighted by Crippen LogP contribution is 2.18. The number of rotatable bonds is 8. The molecule has 6 nitrogen and oxygen atoms in total. The second-order valence-electron chi connectivity index (χ2n) is 5.58. The maximum Gasteiger partial charge on any atom is 0.246 e. The summed E-state index contributed by atoms with van der Waals surface area (Å²) in [5, 5.41) is 7.22. The van der Waals surface area contributed by atoms with Gasteiger partial charge in [-0.3, -0.25) is 4.79 Å². The molecule has 0 aliphatic heterocycles. The molecular weight excluding hydrogens is 354 g/mol. The Morgan fingerprint density at radius 2 is 1.88 bits per heavy atom. The van der Waals surface area contributed by atoms with Crippen LogP contribution in [0.25, 0.3) is 11.4 Å². The van der Waals surface area contributed by atoms with Gasteiger partial charge in [-0.15, -0.1) is 0 Å². The van der Waals surface area contributed by atoms with Gasteiger partial charge in [0.25, 0.3) is 0 Å². The number of carbonyl (C=O) groups excluding carboxylic acids is 1. The average molecular weight is 372 g/mol. The molecule has 134 valence electrons. The van der Waals surface area contributed by atoms with E-state index in [9.17, 15) is 4.79 Å². The molecule has 0 aliphatic carbocycles. The van der Waals surface area contributed by atoms with Gasteiger partial charge in [0.15, 0.2) is 0 Å². The summed E-state index contributed by atoms with van der Waals surface area (Å²) in [6.07, 6.45) is 0.766. The number of halogens is 1. The van der Waals surface area contributed by atoms with E-state index in [1.165, 1.54) is 5.56 Å². The van der Waals surface area contributed by atoms with Crippen molar-refractivity contribution in [3.63, 3.8) is 0 Å². The van der Waals surface area contributed by atoms with Crippen molar-refractivity contribution in [3.05, 3.63) is 71.1 Å². The van der Waals surface area contributed by atoms with E-state index >= 15 is 0 Å². The number of ether oxygens (including phenoxy) is 1. The molecule has 0 radical (unpaired) electrons. The quantitative estimate of drug-likeness (QED) is 0.615. The van der Waals surface area contributed by atoms with E-state index in [1.807, 2.05) is 30.3 Å². The van der Waals surface area contributed by atoms with Crippen LogP contribution in [0.4, 0.5) is 0 Å². The standard InChI is InChI=1S/C19H18ClN3O3/c20-16-8-6-15(7-9-16)19-22-18(26-23-19)12-21-17(24)13-25-11-10-14-4-2-1-3-5-14/h1-9H,10-13H2,(H,21,24). The molecule has 0 unspecified atom stereocenters. The number of amides is 1. The number of hydrogen-bond acceptors (Lipinski definition) is 5. The largest absolute Gasteiger partial charge is 0.371 e. The van der Waals surface area contributed by atoms with E-state index < -0.39 is 0 Å². The van der Waals surface area contributed by atoms with Gasteiger partial charge in [0, 0.05) is 10.6 Å². The molecule has 0 saturated carbocycles. The van der Waals surface area contributed by atoms with Gasteiger partial charge < -0.3 is 14.6 Å². The minimum Gasteiger partial charge on any atom is -0.371 e. The summed E-state index contributed by atoms with van der Waals surface area (Å²) in [7, 11) is 0. The van der Waals surface area contributed by atoms with E-state index in [1.54, 1.807) is 24.3 Å². The van der Waals surface area contributed by atoms with Crippen LogP contribution >= 0.6 is 11.6 Å². The summed E-state index contributed by atoms with van der Waals surface area (Å²) in [5.74, 6) is 0.543. The van der Waals surface area contributed by atoms with Crippen molar-refractivity contribution in [2.45, 2.75) is 13.0 Å². The molecule has 0 atom stereocenters. The van der Waals surface area contributed by atoms with Crippen molar-refractivity contribution in [3.8, 4) is 11.4 Å². The zero-order valence-corrected chi connectivity index (χ0v) is 14.8. The van der Waals surface area contributed by atoms with Crippen molar-refractivity contribution in [1.29, 1.82) is 0 Å². The maximum atomic E-state index is 11.8. The molecule has 26 heavy (non-hydrogen) atoms. The van der Waals surface area contributed by atoms with Crippen LogP contribution in [0, 0.1) is 0 Å². The summed E-state index contributed by atoms with van der Waals surface area (Å²) in [6, 6.07) is 17.1. The van der Waals surface area contributed by atoms with E-state index in [4.69, 9.17) is 20.9 Å². The monoisotopic (exact) mass is 371 g/mol. The number of carbonyl (C=O) groups is 1. The zero-order valence-electron chi connectivity index (χ0n) is 14.0. The molecular formula is C19H18ClN3O3. The van der Waals surface area contributed by atoms with Crippen molar-refractivity contribution < 1.29 is 14.1 Å². The first-order valence-electron chi connectivity index (χ1n) is 8.17. The molecule has 0 aliphatic rings. The van der Waals surface area contributed by atoms with Crippen LogP contribution in [0.5, 0.6) is 0 Å².